The van der Waals surface area contributed by atoms with Crippen LogP contribution in [0.1, 0.15) is 51.2 Å². The monoisotopic (exact) mass is 347 g/mol. The van der Waals surface area contributed by atoms with Crippen LogP contribution in [0.25, 0.3) is 0 Å². The van der Waals surface area contributed by atoms with E-state index >= 15 is 0 Å². The Kier molecular flexibility index (Phi) is 5.35. The molecule has 5 heteroatoms. The molecule has 0 spiro atoms. The number of carbonyl (C=O) groups excluding carboxylic acids is 1. The van der Waals surface area contributed by atoms with Gasteiger partial charge in [-0.15, -0.1) is 0 Å². The summed E-state index contributed by atoms with van der Waals surface area (Å²) in [4.78, 5) is 12.2. The number of alkyl carbamates (subject to hydrolysis) is 1. The first kappa shape index (κ1) is 18.2. The van der Waals surface area contributed by atoms with Crippen molar-refractivity contribution in [2.24, 2.45) is 0 Å². The smallest absolute Gasteiger partial charge is 0.407 e. The second-order valence-electron chi connectivity index (χ2n) is 8.02. The molecule has 0 bridgehead atoms. The summed E-state index contributed by atoms with van der Waals surface area (Å²) in [5.74, 6) is 0. The summed E-state index contributed by atoms with van der Waals surface area (Å²) in [6, 6.07) is 8.52. The zero-order chi connectivity index (χ0) is 17.9. The number of hydrogen-bond donors (Lipinski definition) is 1. The lowest BCUT2D eigenvalue weighted by atomic mass is 9.67. The average Bonchev–Trinajstić information content (AvgIpc) is 3.05. The summed E-state index contributed by atoms with van der Waals surface area (Å²) in [6.45, 7) is 7.43. The van der Waals surface area contributed by atoms with Crippen LogP contribution in [-0.4, -0.2) is 37.7 Å². The number of amides is 1. The van der Waals surface area contributed by atoms with E-state index in [1.807, 2.05) is 20.8 Å². The lowest BCUT2D eigenvalue weighted by molar-refractivity contribution is -0.0635. The standard InChI is InChI=1S/C20H29NO4/c1-19(2,3)25-18(22)21-14-20(13-17-23-11-12-24-17)10-6-8-15-7-4-5-9-16(15)20/h4-5,7,9,17H,6,8,10-14H2,1-3H3,(H,21,22). The zero-order valence-electron chi connectivity index (χ0n) is 15.5. The third-order valence-electron chi connectivity index (χ3n) is 4.91. The zero-order valence-corrected chi connectivity index (χ0v) is 15.5. The predicted molar refractivity (Wildman–Crippen MR) is 95.6 cm³/mol. The number of benzene rings is 1. The first-order chi connectivity index (χ1) is 11.9. The number of rotatable bonds is 4. The largest absolute Gasteiger partial charge is 0.444 e. The van der Waals surface area contributed by atoms with Crippen LogP contribution in [0.15, 0.2) is 24.3 Å². The lowest BCUT2D eigenvalue weighted by Crippen LogP contribution is -2.46. The van der Waals surface area contributed by atoms with Gasteiger partial charge in [0.05, 0.1) is 13.2 Å². The van der Waals surface area contributed by atoms with Gasteiger partial charge < -0.3 is 19.5 Å². The van der Waals surface area contributed by atoms with Crippen molar-refractivity contribution in [1.29, 1.82) is 0 Å². The molecule has 25 heavy (non-hydrogen) atoms. The van der Waals surface area contributed by atoms with Crippen LogP contribution in [0.4, 0.5) is 4.79 Å². The highest BCUT2D eigenvalue weighted by atomic mass is 16.7. The Bertz CT molecular complexity index is 604. The molecule has 1 aliphatic heterocycles. The quantitative estimate of drug-likeness (QED) is 0.905. The molecule has 1 fully saturated rings. The Morgan fingerprint density at radius 2 is 2.00 bits per heavy atom. The van der Waals surface area contributed by atoms with Gasteiger partial charge in [-0.25, -0.2) is 4.79 Å². The Labute approximate surface area is 150 Å². The van der Waals surface area contributed by atoms with Crippen molar-refractivity contribution < 1.29 is 19.0 Å². The van der Waals surface area contributed by atoms with Gasteiger partial charge in [0, 0.05) is 18.4 Å². The van der Waals surface area contributed by atoms with Gasteiger partial charge in [0.15, 0.2) is 6.29 Å². The maximum atomic E-state index is 12.2. The van der Waals surface area contributed by atoms with E-state index in [9.17, 15) is 4.79 Å². The molecular weight excluding hydrogens is 318 g/mol. The van der Waals surface area contributed by atoms with Crippen LogP contribution < -0.4 is 5.32 Å². The predicted octanol–water partition coefficient (Wildman–Crippen LogP) is 3.55. The fraction of sp³-hybridized carbons (Fsp3) is 0.650. The molecule has 1 unspecified atom stereocenters. The first-order valence-electron chi connectivity index (χ1n) is 9.16. The van der Waals surface area contributed by atoms with Crippen molar-refractivity contribution in [2.45, 2.75) is 63.8 Å². The van der Waals surface area contributed by atoms with Crippen molar-refractivity contribution in [1.82, 2.24) is 5.32 Å². The van der Waals surface area contributed by atoms with E-state index in [1.165, 1.54) is 11.1 Å². The fourth-order valence-corrected chi connectivity index (χ4v) is 3.88. The molecule has 1 N–H and O–H groups in total. The number of nitrogens with one attached hydrogen (secondary N) is 1. The summed E-state index contributed by atoms with van der Waals surface area (Å²) in [5.41, 5.74) is 1.98. The van der Waals surface area contributed by atoms with E-state index in [0.29, 0.717) is 19.8 Å². The van der Waals surface area contributed by atoms with Crippen LogP contribution in [0, 0.1) is 0 Å². The van der Waals surface area contributed by atoms with E-state index in [2.05, 4.69) is 29.6 Å². The van der Waals surface area contributed by atoms with Crippen molar-refractivity contribution >= 4 is 6.09 Å². The van der Waals surface area contributed by atoms with Gasteiger partial charge in [-0.05, 0) is 51.2 Å². The molecule has 138 valence electrons. The normalized spacial score (nSPS) is 24.0. The van der Waals surface area contributed by atoms with Crippen LogP contribution in [-0.2, 0) is 26.0 Å². The Morgan fingerprint density at radius 3 is 2.72 bits per heavy atom. The molecule has 1 aromatic rings. The van der Waals surface area contributed by atoms with Crippen molar-refractivity contribution in [3.63, 3.8) is 0 Å². The highest BCUT2D eigenvalue weighted by Crippen LogP contribution is 2.41. The molecule has 3 rings (SSSR count). The van der Waals surface area contributed by atoms with E-state index in [1.54, 1.807) is 0 Å². The van der Waals surface area contributed by atoms with Gasteiger partial charge in [0.2, 0.25) is 0 Å². The molecule has 5 nitrogen and oxygen atoms in total. The third kappa shape index (κ3) is 4.53. The van der Waals surface area contributed by atoms with Gasteiger partial charge in [0.25, 0.3) is 0 Å². The maximum Gasteiger partial charge on any atom is 0.407 e. The first-order valence-corrected chi connectivity index (χ1v) is 9.16. The second-order valence-corrected chi connectivity index (χ2v) is 8.02. The summed E-state index contributed by atoms with van der Waals surface area (Å²) >= 11 is 0. The van der Waals surface area contributed by atoms with E-state index in [0.717, 1.165) is 25.7 Å². The van der Waals surface area contributed by atoms with Gasteiger partial charge in [-0.1, -0.05) is 24.3 Å². The van der Waals surface area contributed by atoms with E-state index in [4.69, 9.17) is 14.2 Å². The SMILES string of the molecule is CC(C)(C)OC(=O)NCC1(CC2OCCO2)CCCc2ccccc21. The summed E-state index contributed by atoms with van der Waals surface area (Å²) in [5, 5.41) is 2.99. The maximum absolute atomic E-state index is 12.2. The fourth-order valence-electron chi connectivity index (χ4n) is 3.88. The average molecular weight is 347 g/mol. The Morgan fingerprint density at radius 1 is 1.28 bits per heavy atom. The molecule has 0 saturated carbocycles. The number of carbonyl (C=O) groups is 1. The molecular formula is C20H29NO4. The summed E-state index contributed by atoms with van der Waals surface area (Å²) in [6.07, 6.45) is 3.36. The van der Waals surface area contributed by atoms with Gasteiger partial charge >= 0.3 is 6.09 Å². The number of hydrogen-bond acceptors (Lipinski definition) is 4. The molecule has 1 heterocycles. The Hall–Kier alpha value is -1.59. The number of aryl methyl sites for hydroxylation is 1. The molecule has 0 radical (unpaired) electrons. The Balaban J connectivity index is 1.79. The molecule has 0 aromatic heterocycles. The highest BCUT2D eigenvalue weighted by Gasteiger charge is 2.40. The van der Waals surface area contributed by atoms with Crippen molar-refractivity contribution in [3.05, 3.63) is 35.4 Å². The van der Waals surface area contributed by atoms with Crippen molar-refractivity contribution in [2.75, 3.05) is 19.8 Å². The van der Waals surface area contributed by atoms with Gasteiger partial charge in [0.1, 0.15) is 5.60 Å². The van der Waals surface area contributed by atoms with E-state index in [-0.39, 0.29) is 17.8 Å². The molecule has 1 saturated heterocycles. The lowest BCUT2D eigenvalue weighted by Gasteiger charge is -2.40. The van der Waals surface area contributed by atoms with Gasteiger partial charge in [-0.2, -0.15) is 0 Å². The topological polar surface area (TPSA) is 56.8 Å². The van der Waals surface area contributed by atoms with E-state index < -0.39 is 5.60 Å². The van der Waals surface area contributed by atoms with Crippen LogP contribution in [0.3, 0.4) is 0 Å². The van der Waals surface area contributed by atoms with Crippen molar-refractivity contribution in [3.8, 4) is 0 Å². The molecule has 2 aliphatic rings. The minimum absolute atomic E-state index is 0.180. The number of ether oxygens (including phenoxy) is 3. The second kappa shape index (κ2) is 7.34. The van der Waals surface area contributed by atoms with Crippen LogP contribution in [0.5, 0.6) is 0 Å². The number of fused-ring (bicyclic) bond motifs is 1. The van der Waals surface area contributed by atoms with Crippen LogP contribution >= 0.6 is 0 Å². The third-order valence-corrected chi connectivity index (χ3v) is 4.91. The minimum atomic E-state index is -0.501. The summed E-state index contributed by atoms with van der Waals surface area (Å²) < 4.78 is 16.9. The highest BCUT2D eigenvalue weighted by molar-refractivity contribution is 5.68. The molecule has 1 atom stereocenters. The van der Waals surface area contributed by atoms with Gasteiger partial charge in [-0.3, -0.25) is 0 Å². The van der Waals surface area contributed by atoms with Crippen LogP contribution in [0.2, 0.25) is 0 Å². The molecule has 1 aliphatic carbocycles. The minimum Gasteiger partial charge on any atom is -0.444 e. The summed E-state index contributed by atoms with van der Waals surface area (Å²) in [7, 11) is 0. The molecule has 1 aromatic carbocycles. The molecule has 1 amide bonds.